The highest BCUT2D eigenvalue weighted by Crippen LogP contribution is 2.25. The van der Waals surface area contributed by atoms with Gasteiger partial charge in [0, 0.05) is 6.54 Å². The van der Waals surface area contributed by atoms with Crippen molar-refractivity contribution in [1.29, 1.82) is 0 Å². The van der Waals surface area contributed by atoms with Crippen LogP contribution in [0.5, 0.6) is 5.75 Å². The third-order valence-electron chi connectivity index (χ3n) is 4.80. The fourth-order valence-corrected chi connectivity index (χ4v) is 3.19. The van der Waals surface area contributed by atoms with Gasteiger partial charge in [0.15, 0.2) is 0 Å². The van der Waals surface area contributed by atoms with Gasteiger partial charge in [-0.3, -0.25) is 14.4 Å². The summed E-state index contributed by atoms with van der Waals surface area (Å²) in [5, 5.41) is 4.90. The second-order valence-corrected chi connectivity index (χ2v) is 6.95. The number of benzene rings is 2. The van der Waals surface area contributed by atoms with Crippen molar-refractivity contribution >= 4 is 23.4 Å². The van der Waals surface area contributed by atoms with Gasteiger partial charge in [-0.1, -0.05) is 36.4 Å². The molecular formula is C22H25N3O5. The van der Waals surface area contributed by atoms with E-state index in [1.807, 2.05) is 43.3 Å². The van der Waals surface area contributed by atoms with Crippen LogP contribution in [0.3, 0.4) is 0 Å². The molecule has 2 aromatic carbocycles. The first kappa shape index (κ1) is 21.3. The van der Waals surface area contributed by atoms with Crippen LogP contribution >= 0.6 is 0 Å². The first-order valence-electron chi connectivity index (χ1n) is 9.66. The summed E-state index contributed by atoms with van der Waals surface area (Å²) in [6.45, 7) is 2.83. The summed E-state index contributed by atoms with van der Waals surface area (Å²) < 4.78 is 10.9. The summed E-state index contributed by atoms with van der Waals surface area (Å²) in [5.41, 5.74) is 2.29. The number of ether oxygens (including phenoxy) is 2. The standard InChI is InChI=1S/C22H25N3O5/c1-15-8-9-18(29-2)17(12-15)24-22(28)21(27)23-13-20(26)25-10-11-30-19(14-25)16-6-4-3-5-7-16/h3-9,12,19H,10-11,13-14H2,1-2H3,(H,23,27)(H,24,28). The Morgan fingerprint density at radius 2 is 1.90 bits per heavy atom. The molecule has 1 unspecified atom stereocenters. The van der Waals surface area contributed by atoms with Crippen molar-refractivity contribution in [1.82, 2.24) is 10.2 Å². The van der Waals surface area contributed by atoms with Gasteiger partial charge in [-0.25, -0.2) is 0 Å². The lowest BCUT2D eigenvalue weighted by atomic mass is 10.1. The molecule has 1 aliphatic rings. The van der Waals surface area contributed by atoms with E-state index in [4.69, 9.17) is 9.47 Å². The maximum Gasteiger partial charge on any atom is 0.313 e. The van der Waals surface area contributed by atoms with E-state index in [-0.39, 0.29) is 18.6 Å². The molecule has 158 valence electrons. The minimum Gasteiger partial charge on any atom is -0.495 e. The Bertz CT molecular complexity index is 916. The molecule has 3 rings (SSSR count). The Hall–Kier alpha value is -3.39. The van der Waals surface area contributed by atoms with Gasteiger partial charge >= 0.3 is 11.8 Å². The number of nitrogens with zero attached hydrogens (tertiary/aromatic N) is 1. The maximum atomic E-state index is 12.5. The van der Waals surface area contributed by atoms with Gasteiger partial charge in [-0.05, 0) is 30.2 Å². The van der Waals surface area contributed by atoms with Crippen LogP contribution in [0.25, 0.3) is 0 Å². The Kier molecular flexibility index (Phi) is 7.03. The number of rotatable bonds is 5. The summed E-state index contributed by atoms with van der Waals surface area (Å²) in [7, 11) is 1.48. The van der Waals surface area contributed by atoms with Gasteiger partial charge in [0.2, 0.25) is 5.91 Å². The highest BCUT2D eigenvalue weighted by atomic mass is 16.5. The minimum atomic E-state index is -0.889. The highest BCUT2D eigenvalue weighted by molar-refractivity contribution is 6.40. The zero-order valence-corrected chi connectivity index (χ0v) is 17.0. The first-order valence-corrected chi connectivity index (χ1v) is 9.66. The molecule has 2 N–H and O–H groups in total. The average molecular weight is 411 g/mol. The van der Waals surface area contributed by atoms with E-state index in [9.17, 15) is 14.4 Å². The Morgan fingerprint density at radius 3 is 2.63 bits per heavy atom. The third kappa shape index (κ3) is 5.36. The maximum absolute atomic E-state index is 12.5. The number of nitrogens with one attached hydrogen (secondary N) is 2. The van der Waals surface area contributed by atoms with Crippen LogP contribution in [0.15, 0.2) is 48.5 Å². The SMILES string of the molecule is COc1ccc(C)cc1NC(=O)C(=O)NCC(=O)N1CCOC(c2ccccc2)C1. The zero-order chi connectivity index (χ0) is 21.5. The predicted molar refractivity (Wildman–Crippen MR) is 111 cm³/mol. The van der Waals surface area contributed by atoms with Crippen LogP contribution in [-0.2, 0) is 19.1 Å². The van der Waals surface area contributed by atoms with E-state index < -0.39 is 11.8 Å². The van der Waals surface area contributed by atoms with Crippen molar-refractivity contribution in [3.05, 3.63) is 59.7 Å². The van der Waals surface area contributed by atoms with E-state index >= 15 is 0 Å². The first-order chi connectivity index (χ1) is 14.5. The van der Waals surface area contributed by atoms with Gasteiger partial charge in [-0.15, -0.1) is 0 Å². The van der Waals surface area contributed by atoms with Crippen molar-refractivity contribution in [2.75, 3.05) is 38.7 Å². The average Bonchev–Trinajstić information content (AvgIpc) is 2.78. The molecule has 0 aromatic heterocycles. The van der Waals surface area contributed by atoms with E-state index in [0.717, 1.165) is 11.1 Å². The molecule has 0 bridgehead atoms. The number of hydrogen-bond acceptors (Lipinski definition) is 5. The van der Waals surface area contributed by atoms with Crippen LogP contribution in [0.1, 0.15) is 17.2 Å². The largest absolute Gasteiger partial charge is 0.495 e. The van der Waals surface area contributed by atoms with Crippen LogP contribution < -0.4 is 15.4 Å². The molecule has 2 aromatic rings. The molecule has 1 saturated heterocycles. The Balaban J connectivity index is 1.52. The van der Waals surface area contributed by atoms with Crippen molar-refractivity contribution < 1.29 is 23.9 Å². The molecule has 8 heteroatoms. The van der Waals surface area contributed by atoms with Crippen molar-refractivity contribution in [3.63, 3.8) is 0 Å². The number of methoxy groups -OCH3 is 1. The van der Waals surface area contributed by atoms with Crippen molar-refractivity contribution in [3.8, 4) is 5.75 Å². The second-order valence-electron chi connectivity index (χ2n) is 6.95. The van der Waals surface area contributed by atoms with Crippen LogP contribution in [0.2, 0.25) is 0 Å². The smallest absolute Gasteiger partial charge is 0.313 e. The monoisotopic (exact) mass is 411 g/mol. The highest BCUT2D eigenvalue weighted by Gasteiger charge is 2.26. The normalized spacial score (nSPS) is 15.9. The molecule has 1 atom stereocenters. The van der Waals surface area contributed by atoms with E-state index in [1.54, 1.807) is 17.0 Å². The molecule has 0 spiro atoms. The van der Waals surface area contributed by atoms with E-state index in [1.165, 1.54) is 7.11 Å². The van der Waals surface area contributed by atoms with E-state index in [0.29, 0.717) is 31.1 Å². The number of aryl methyl sites for hydroxylation is 1. The van der Waals surface area contributed by atoms with Gasteiger partial charge in [-0.2, -0.15) is 0 Å². The molecule has 0 saturated carbocycles. The fourth-order valence-electron chi connectivity index (χ4n) is 3.19. The molecular weight excluding hydrogens is 386 g/mol. The third-order valence-corrected chi connectivity index (χ3v) is 4.80. The van der Waals surface area contributed by atoms with Crippen molar-refractivity contribution in [2.24, 2.45) is 0 Å². The molecule has 1 heterocycles. The lowest BCUT2D eigenvalue weighted by molar-refractivity contribution is -0.141. The molecule has 30 heavy (non-hydrogen) atoms. The lowest BCUT2D eigenvalue weighted by Crippen LogP contribution is -2.48. The number of hydrogen-bond donors (Lipinski definition) is 2. The van der Waals surface area contributed by atoms with E-state index in [2.05, 4.69) is 10.6 Å². The Labute approximate surface area is 175 Å². The molecule has 1 fully saturated rings. The summed E-state index contributed by atoms with van der Waals surface area (Å²) in [5.74, 6) is -1.58. The molecule has 1 aliphatic heterocycles. The summed E-state index contributed by atoms with van der Waals surface area (Å²) in [6.07, 6.45) is -0.211. The Morgan fingerprint density at radius 1 is 1.13 bits per heavy atom. The summed E-state index contributed by atoms with van der Waals surface area (Å²) in [4.78, 5) is 38.5. The topological polar surface area (TPSA) is 97.0 Å². The number of anilines is 1. The van der Waals surface area contributed by atoms with Crippen LogP contribution in [0.4, 0.5) is 5.69 Å². The quantitative estimate of drug-likeness (QED) is 0.730. The molecule has 8 nitrogen and oxygen atoms in total. The number of morpholine rings is 1. The molecule has 0 radical (unpaired) electrons. The summed E-state index contributed by atoms with van der Waals surface area (Å²) >= 11 is 0. The lowest BCUT2D eigenvalue weighted by Gasteiger charge is -2.33. The van der Waals surface area contributed by atoms with Gasteiger partial charge in [0.1, 0.15) is 11.9 Å². The van der Waals surface area contributed by atoms with Crippen LogP contribution in [-0.4, -0.2) is 56.0 Å². The van der Waals surface area contributed by atoms with Gasteiger partial charge in [0.25, 0.3) is 0 Å². The van der Waals surface area contributed by atoms with Crippen molar-refractivity contribution in [2.45, 2.75) is 13.0 Å². The molecule has 0 aliphatic carbocycles. The van der Waals surface area contributed by atoms with Crippen LogP contribution in [0, 0.1) is 6.92 Å². The number of amides is 3. The minimum absolute atomic E-state index is 0.211. The van der Waals surface area contributed by atoms with Gasteiger partial charge < -0.3 is 25.0 Å². The predicted octanol–water partition coefficient (Wildman–Crippen LogP) is 1.66. The van der Waals surface area contributed by atoms with Gasteiger partial charge in [0.05, 0.1) is 32.5 Å². The zero-order valence-electron chi connectivity index (χ0n) is 17.0. The number of carbonyl (C=O) groups is 3. The second kappa shape index (κ2) is 9.89. The summed E-state index contributed by atoms with van der Waals surface area (Å²) in [6, 6.07) is 14.9. The molecule has 3 amide bonds. The fraction of sp³-hybridized carbons (Fsp3) is 0.318. The number of carbonyl (C=O) groups excluding carboxylic acids is 3.